The van der Waals surface area contributed by atoms with Gasteiger partial charge < -0.3 is 10.1 Å². The van der Waals surface area contributed by atoms with Gasteiger partial charge in [-0.15, -0.1) is 0 Å². The van der Waals surface area contributed by atoms with Gasteiger partial charge in [-0.25, -0.2) is 0 Å². The highest BCUT2D eigenvalue weighted by molar-refractivity contribution is 5.77. The molecule has 0 aromatic heterocycles. The molecule has 0 fully saturated rings. The summed E-state index contributed by atoms with van der Waals surface area (Å²) in [5.74, 6) is 0.133. The zero-order valence-corrected chi connectivity index (χ0v) is 13.1. The number of alkyl halides is 3. The van der Waals surface area contributed by atoms with Crippen LogP contribution in [0.3, 0.4) is 0 Å². The van der Waals surface area contributed by atoms with E-state index in [1.54, 1.807) is 24.3 Å². The zero-order valence-electron chi connectivity index (χ0n) is 13.1. The minimum atomic E-state index is -4.35. The van der Waals surface area contributed by atoms with Gasteiger partial charge in [0.2, 0.25) is 0 Å². The van der Waals surface area contributed by atoms with Crippen molar-refractivity contribution in [1.29, 1.82) is 5.26 Å². The SMILES string of the molecule is N#Cc1ccc(OCC(=O)NCCc2ccc(C(F)(F)F)cc2)cc1. The lowest BCUT2D eigenvalue weighted by molar-refractivity contribution is -0.137. The lowest BCUT2D eigenvalue weighted by Gasteiger charge is -2.09. The second-order valence-corrected chi connectivity index (χ2v) is 5.22. The van der Waals surface area contributed by atoms with Crippen LogP contribution in [0.5, 0.6) is 5.75 Å². The van der Waals surface area contributed by atoms with Gasteiger partial charge in [0.1, 0.15) is 5.75 Å². The summed E-state index contributed by atoms with van der Waals surface area (Å²) < 4.78 is 42.7. The van der Waals surface area contributed by atoms with E-state index in [0.717, 1.165) is 12.1 Å². The van der Waals surface area contributed by atoms with Crippen LogP contribution in [0, 0.1) is 11.3 Å². The molecule has 0 atom stereocenters. The van der Waals surface area contributed by atoms with Gasteiger partial charge in [0.15, 0.2) is 6.61 Å². The van der Waals surface area contributed by atoms with Crippen LogP contribution in [0.15, 0.2) is 48.5 Å². The van der Waals surface area contributed by atoms with E-state index in [9.17, 15) is 18.0 Å². The summed E-state index contributed by atoms with van der Waals surface area (Å²) in [6.07, 6.45) is -3.93. The van der Waals surface area contributed by atoms with Gasteiger partial charge in [-0.05, 0) is 48.4 Å². The summed E-state index contributed by atoms with van der Waals surface area (Å²) >= 11 is 0. The number of amides is 1. The number of halogens is 3. The smallest absolute Gasteiger partial charge is 0.416 e. The molecule has 2 rings (SSSR count). The molecule has 130 valence electrons. The second-order valence-electron chi connectivity index (χ2n) is 5.22. The van der Waals surface area contributed by atoms with Gasteiger partial charge in [0, 0.05) is 6.54 Å². The molecule has 0 aliphatic rings. The van der Waals surface area contributed by atoms with Crippen molar-refractivity contribution in [2.45, 2.75) is 12.6 Å². The Morgan fingerprint density at radius 3 is 2.28 bits per heavy atom. The van der Waals surface area contributed by atoms with Gasteiger partial charge in [0.05, 0.1) is 17.2 Å². The fraction of sp³-hybridized carbons (Fsp3) is 0.222. The van der Waals surface area contributed by atoms with E-state index < -0.39 is 11.7 Å². The number of rotatable bonds is 6. The van der Waals surface area contributed by atoms with Crippen molar-refractivity contribution in [1.82, 2.24) is 5.32 Å². The fourth-order valence-corrected chi connectivity index (χ4v) is 2.03. The van der Waals surface area contributed by atoms with Crippen molar-refractivity contribution in [2.75, 3.05) is 13.2 Å². The van der Waals surface area contributed by atoms with Crippen LogP contribution in [-0.4, -0.2) is 19.1 Å². The van der Waals surface area contributed by atoms with Crippen LogP contribution in [0.25, 0.3) is 0 Å². The molecule has 0 aliphatic heterocycles. The van der Waals surface area contributed by atoms with E-state index in [0.29, 0.717) is 29.8 Å². The number of nitrogens with one attached hydrogen (secondary N) is 1. The van der Waals surface area contributed by atoms with E-state index in [1.165, 1.54) is 12.1 Å². The van der Waals surface area contributed by atoms with Crippen LogP contribution in [0.4, 0.5) is 13.2 Å². The molecule has 2 aromatic rings. The molecule has 0 spiro atoms. The van der Waals surface area contributed by atoms with Crippen molar-refractivity contribution in [3.05, 3.63) is 65.2 Å². The molecule has 1 amide bonds. The summed E-state index contributed by atoms with van der Waals surface area (Å²) in [5, 5.41) is 11.3. The lowest BCUT2D eigenvalue weighted by Crippen LogP contribution is -2.30. The van der Waals surface area contributed by atoms with Crippen LogP contribution < -0.4 is 10.1 Å². The van der Waals surface area contributed by atoms with E-state index >= 15 is 0 Å². The van der Waals surface area contributed by atoms with Crippen molar-refractivity contribution in [3.63, 3.8) is 0 Å². The first kappa shape index (κ1) is 18.3. The maximum atomic E-state index is 12.5. The van der Waals surface area contributed by atoms with E-state index in [1.807, 2.05) is 6.07 Å². The summed E-state index contributed by atoms with van der Waals surface area (Å²) in [7, 11) is 0. The first-order valence-electron chi connectivity index (χ1n) is 7.44. The molecule has 0 bridgehead atoms. The Bertz CT molecular complexity index is 748. The highest BCUT2D eigenvalue weighted by Crippen LogP contribution is 2.29. The molecular weight excluding hydrogens is 333 g/mol. The molecule has 4 nitrogen and oxygen atoms in total. The third kappa shape index (κ3) is 5.84. The summed E-state index contributed by atoms with van der Waals surface area (Å²) in [6.45, 7) is 0.111. The Kier molecular flexibility index (Phi) is 6.01. The first-order valence-corrected chi connectivity index (χ1v) is 7.44. The Hall–Kier alpha value is -3.01. The minimum absolute atomic E-state index is 0.182. The third-order valence-corrected chi connectivity index (χ3v) is 3.37. The normalized spacial score (nSPS) is 10.8. The number of benzene rings is 2. The predicted molar refractivity (Wildman–Crippen MR) is 84.8 cm³/mol. The van der Waals surface area contributed by atoms with Gasteiger partial charge >= 0.3 is 6.18 Å². The Balaban J connectivity index is 1.72. The fourth-order valence-electron chi connectivity index (χ4n) is 2.03. The highest BCUT2D eigenvalue weighted by Gasteiger charge is 2.29. The van der Waals surface area contributed by atoms with Crippen LogP contribution >= 0.6 is 0 Å². The number of hydrogen-bond donors (Lipinski definition) is 1. The molecule has 7 heteroatoms. The average molecular weight is 348 g/mol. The molecule has 0 saturated heterocycles. The van der Waals surface area contributed by atoms with Gasteiger partial charge in [-0.3, -0.25) is 4.79 Å². The van der Waals surface area contributed by atoms with E-state index in [-0.39, 0.29) is 12.5 Å². The molecule has 25 heavy (non-hydrogen) atoms. The largest absolute Gasteiger partial charge is 0.484 e. The molecule has 0 heterocycles. The maximum absolute atomic E-state index is 12.5. The van der Waals surface area contributed by atoms with Crippen LogP contribution in [0.2, 0.25) is 0 Å². The zero-order chi connectivity index (χ0) is 18.3. The van der Waals surface area contributed by atoms with Crippen LogP contribution in [0.1, 0.15) is 16.7 Å². The topological polar surface area (TPSA) is 62.1 Å². The third-order valence-electron chi connectivity index (χ3n) is 3.37. The first-order chi connectivity index (χ1) is 11.9. The number of carbonyl (C=O) groups is 1. The van der Waals surface area contributed by atoms with Gasteiger partial charge in [0.25, 0.3) is 5.91 Å². The van der Waals surface area contributed by atoms with E-state index in [2.05, 4.69) is 5.32 Å². The summed E-state index contributed by atoms with van der Waals surface area (Å²) in [6, 6.07) is 13.1. The maximum Gasteiger partial charge on any atom is 0.416 e. The molecule has 0 saturated carbocycles. The Morgan fingerprint density at radius 1 is 1.08 bits per heavy atom. The van der Waals surface area contributed by atoms with Crippen molar-refractivity contribution in [3.8, 4) is 11.8 Å². The number of nitrogens with zero attached hydrogens (tertiary/aromatic N) is 1. The van der Waals surface area contributed by atoms with Crippen molar-refractivity contribution < 1.29 is 22.7 Å². The molecule has 0 radical (unpaired) electrons. The molecule has 0 aliphatic carbocycles. The molecule has 1 N–H and O–H groups in total. The number of nitriles is 1. The monoisotopic (exact) mass is 348 g/mol. The Morgan fingerprint density at radius 2 is 1.72 bits per heavy atom. The Labute approximate surface area is 142 Å². The number of carbonyl (C=O) groups excluding carboxylic acids is 1. The highest BCUT2D eigenvalue weighted by atomic mass is 19.4. The summed E-state index contributed by atoms with van der Waals surface area (Å²) in [4.78, 5) is 11.7. The quantitative estimate of drug-likeness (QED) is 0.871. The number of hydrogen-bond acceptors (Lipinski definition) is 3. The minimum Gasteiger partial charge on any atom is -0.484 e. The number of ether oxygens (including phenoxy) is 1. The van der Waals surface area contributed by atoms with Crippen molar-refractivity contribution >= 4 is 5.91 Å². The average Bonchev–Trinajstić information content (AvgIpc) is 2.60. The lowest BCUT2D eigenvalue weighted by atomic mass is 10.1. The van der Waals surface area contributed by atoms with Gasteiger partial charge in [-0.2, -0.15) is 18.4 Å². The molecular formula is C18H15F3N2O2. The second kappa shape index (κ2) is 8.20. The summed E-state index contributed by atoms with van der Waals surface area (Å²) in [5.41, 5.74) is 0.491. The van der Waals surface area contributed by atoms with E-state index in [4.69, 9.17) is 10.00 Å². The predicted octanol–water partition coefficient (Wildman–Crippen LogP) is 3.31. The molecule has 0 unspecified atom stereocenters. The standard InChI is InChI=1S/C18H15F3N2O2/c19-18(20,21)15-5-1-13(2-6-15)9-10-23-17(24)12-25-16-7-3-14(11-22)4-8-16/h1-8H,9-10,12H2,(H,23,24). The molecule has 2 aromatic carbocycles. The van der Waals surface area contributed by atoms with Crippen LogP contribution in [-0.2, 0) is 17.4 Å². The van der Waals surface area contributed by atoms with Gasteiger partial charge in [-0.1, -0.05) is 12.1 Å². The van der Waals surface area contributed by atoms with Crippen molar-refractivity contribution in [2.24, 2.45) is 0 Å².